The number of benzene rings is 1. The van der Waals surface area contributed by atoms with Crippen LogP contribution in [0.4, 0.5) is 0 Å². The lowest BCUT2D eigenvalue weighted by Crippen LogP contribution is -2.50. The van der Waals surface area contributed by atoms with E-state index >= 15 is 0 Å². The van der Waals surface area contributed by atoms with Gasteiger partial charge in [0.1, 0.15) is 6.10 Å². The van der Waals surface area contributed by atoms with Gasteiger partial charge in [-0.25, -0.2) is 0 Å². The van der Waals surface area contributed by atoms with Crippen LogP contribution < -0.4 is 5.32 Å². The van der Waals surface area contributed by atoms with Crippen molar-refractivity contribution < 1.29 is 14.6 Å². The average molecular weight is 319 g/mol. The Labute approximate surface area is 137 Å². The summed E-state index contributed by atoms with van der Waals surface area (Å²) in [5.74, 6) is -0.168. The van der Waals surface area contributed by atoms with Gasteiger partial charge in [-0.3, -0.25) is 9.69 Å². The van der Waals surface area contributed by atoms with Gasteiger partial charge in [-0.1, -0.05) is 18.2 Å². The summed E-state index contributed by atoms with van der Waals surface area (Å²) < 4.78 is 5.72. The number of rotatable bonds is 4. The first-order chi connectivity index (χ1) is 11.1. The van der Waals surface area contributed by atoms with E-state index in [1.54, 1.807) is 12.1 Å². The first kappa shape index (κ1) is 16.4. The molecular formula is C17H25N3O3. The summed E-state index contributed by atoms with van der Waals surface area (Å²) in [6, 6.07) is 8.70. The van der Waals surface area contributed by atoms with E-state index in [0.29, 0.717) is 18.7 Å². The van der Waals surface area contributed by atoms with Crippen molar-refractivity contribution >= 4 is 5.91 Å². The largest absolute Gasteiger partial charge is 0.388 e. The van der Waals surface area contributed by atoms with Gasteiger partial charge in [-0.2, -0.15) is 0 Å². The van der Waals surface area contributed by atoms with Crippen molar-refractivity contribution in [1.29, 1.82) is 0 Å². The number of hydrogen-bond donors (Lipinski definition) is 2. The number of amides is 1. The molecule has 1 amide bonds. The normalized spacial score (nSPS) is 29.6. The standard InChI is InChI=1S/C17H25N3O3/c1-19-7-9-20(10-8-19)11-15-16(21)14(12-23-15)18-17(22)13-5-3-2-4-6-13/h2-6,14-16,21H,7-12H2,1H3,(H,18,22)/t14-,15-,16+/m0/s1. The number of aliphatic hydroxyl groups excluding tert-OH is 1. The Bertz CT molecular complexity index is 517. The number of carbonyl (C=O) groups is 1. The van der Waals surface area contributed by atoms with Gasteiger partial charge in [0.25, 0.3) is 5.91 Å². The van der Waals surface area contributed by atoms with Crippen LogP contribution in [0.15, 0.2) is 30.3 Å². The summed E-state index contributed by atoms with van der Waals surface area (Å²) in [5.41, 5.74) is 0.599. The SMILES string of the molecule is CN1CCN(C[C@@H]2OC[C@H](NC(=O)c3ccccc3)[C@H]2O)CC1. The average Bonchev–Trinajstić information content (AvgIpc) is 2.91. The molecule has 23 heavy (non-hydrogen) atoms. The highest BCUT2D eigenvalue weighted by atomic mass is 16.5. The second-order valence-corrected chi connectivity index (χ2v) is 6.41. The molecule has 0 radical (unpaired) electrons. The number of ether oxygens (including phenoxy) is 1. The van der Waals surface area contributed by atoms with E-state index < -0.39 is 6.10 Å². The van der Waals surface area contributed by atoms with Gasteiger partial charge in [-0.05, 0) is 19.2 Å². The van der Waals surface area contributed by atoms with Crippen LogP contribution >= 0.6 is 0 Å². The predicted molar refractivity (Wildman–Crippen MR) is 87.4 cm³/mol. The molecule has 6 heteroatoms. The number of piperazine rings is 1. The van der Waals surface area contributed by atoms with Crippen molar-refractivity contribution in [2.75, 3.05) is 46.4 Å². The van der Waals surface area contributed by atoms with Crippen LogP contribution in [0.2, 0.25) is 0 Å². The molecule has 0 spiro atoms. The predicted octanol–water partition coefficient (Wildman–Crippen LogP) is -0.208. The van der Waals surface area contributed by atoms with E-state index in [1.165, 1.54) is 0 Å². The third kappa shape index (κ3) is 4.09. The second kappa shape index (κ2) is 7.40. The topological polar surface area (TPSA) is 65.0 Å². The molecule has 3 atom stereocenters. The number of aliphatic hydroxyl groups is 1. The van der Waals surface area contributed by atoms with Gasteiger partial charge in [0.15, 0.2) is 0 Å². The van der Waals surface area contributed by atoms with Crippen molar-refractivity contribution in [3.05, 3.63) is 35.9 Å². The number of likely N-dealkylation sites (N-methyl/N-ethyl adjacent to an activating group) is 1. The lowest BCUT2D eigenvalue weighted by molar-refractivity contribution is 0.00606. The lowest BCUT2D eigenvalue weighted by Gasteiger charge is -2.34. The number of nitrogens with one attached hydrogen (secondary N) is 1. The molecule has 1 aromatic rings. The summed E-state index contributed by atoms with van der Waals surface area (Å²) in [6.07, 6.45) is -0.901. The molecule has 2 N–H and O–H groups in total. The summed E-state index contributed by atoms with van der Waals surface area (Å²) in [5, 5.41) is 13.3. The highest BCUT2D eigenvalue weighted by Gasteiger charge is 2.38. The minimum atomic E-state index is -0.665. The fourth-order valence-corrected chi connectivity index (χ4v) is 3.10. The summed E-state index contributed by atoms with van der Waals surface area (Å²) in [7, 11) is 2.12. The Morgan fingerprint density at radius 3 is 2.65 bits per heavy atom. The van der Waals surface area contributed by atoms with Crippen LogP contribution in [0, 0.1) is 0 Å². The quantitative estimate of drug-likeness (QED) is 0.804. The molecule has 0 bridgehead atoms. The van der Waals surface area contributed by atoms with Gasteiger partial charge < -0.3 is 20.1 Å². The first-order valence-electron chi connectivity index (χ1n) is 8.20. The molecule has 2 saturated heterocycles. The number of carbonyl (C=O) groups excluding carboxylic acids is 1. The Hall–Kier alpha value is -1.47. The molecular weight excluding hydrogens is 294 g/mol. The van der Waals surface area contributed by atoms with Crippen molar-refractivity contribution in [3.8, 4) is 0 Å². The first-order valence-corrected chi connectivity index (χ1v) is 8.20. The Morgan fingerprint density at radius 1 is 1.26 bits per heavy atom. The van der Waals surface area contributed by atoms with Crippen molar-refractivity contribution in [2.24, 2.45) is 0 Å². The van der Waals surface area contributed by atoms with Crippen LogP contribution in [-0.2, 0) is 4.74 Å². The fraction of sp³-hybridized carbons (Fsp3) is 0.588. The Balaban J connectivity index is 1.50. The smallest absolute Gasteiger partial charge is 0.251 e. The molecule has 126 valence electrons. The minimum absolute atomic E-state index is 0.168. The van der Waals surface area contributed by atoms with Gasteiger partial charge >= 0.3 is 0 Å². The lowest BCUT2D eigenvalue weighted by atomic mass is 10.1. The number of nitrogens with zero attached hydrogens (tertiary/aromatic N) is 2. The van der Waals surface area contributed by atoms with Gasteiger partial charge in [0, 0.05) is 38.3 Å². The molecule has 0 unspecified atom stereocenters. The minimum Gasteiger partial charge on any atom is -0.388 e. The van der Waals surface area contributed by atoms with Crippen molar-refractivity contribution in [3.63, 3.8) is 0 Å². The molecule has 0 aromatic heterocycles. The van der Waals surface area contributed by atoms with Crippen LogP contribution in [0.25, 0.3) is 0 Å². The molecule has 3 rings (SSSR count). The van der Waals surface area contributed by atoms with Crippen molar-refractivity contribution in [1.82, 2.24) is 15.1 Å². The molecule has 2 aliphatic rings. The third-order valence-corrected chi connectivity index (χ3v) is 4.67. The van der Waals surface area contributed by atoms with Crippen LogP contribution in [0.1, 0.15) is 10.4 Å². The molecule has 2 fully saturated rings. The van der Waals surface area contributed by atoms with Gasteiger partial charge in [0.2, 0.25) is 0 Å². The fourth-order valence-electron chi connectivity index (χ4n) is 3.10. The summed E-state index contributed by atoms with van der Waals surface area (Å²) in [4.78, 5) is 16.8. The highest BCUT2D eigenvalue weighted by Crippen LogP contribution is 2.17. The molecule has 0 saturated carbocycles. The van der Waals surface area contributed by atoms with Gasteiger partial charge in [-0.15, -0.1) is 0 Å². The van der Waals surface area contributed by atoms with Crippen LogP contribution in [0.5, 0.6) is 0 Å². The Kier molecular flexibility index (Phi) is 5.27. The molecule has 6 nitrogen and oxygen atoms in total. The zero-order chi connectivity index (χ0) is 16.2. The molecule has 2 heterocycles. The van der Waals surface area contributed by atoms with Crippen molar-refractivity contribution in [2.45, 2.75) is 18.2 Å². The maximum absolute atomic E-state index is 12.2. The molecule has 1 aromatic carbocycles. The zero-order valence-electron chi connectivity index (χ0n) is 13.5. The zero-order valence-corrected chi connectivity index (χ0v) is 13.5. The summed E-state index contributed by atoms with van der Waals surface area (Å²) >= 11 is 0. The Morgan fingerprint density at radius 2 is 1.96 bits per heavy atom. The maximum atomic E-state index is 12.2. The van der Waals surface area contributed by atoms with E-state index in [-0.39, 0.29) is 18.1 Å². The monoisotopic (exact) mass is 319 g/mol. The van der Waals surface area contributed by atoms with E-state index in [9.17, 15) is 9.90 Å². The van der Waals surface area contributed by atoms with E-state index in [1.807, 2.05) is 18.2 Å². The molecule has 2 aliphatic heterocycles. The number of hydrogen-bond acceptors (Lipinski definition) is 5. The van der Waals surface area contributed by atoms with Crippen LogP contribution in [0.3, 0.4) is 0 Å². The summed E-state index contributed by atoms with van der Waals surface area (Å²) in [6.45, 7) is 5.13. The van der Waals surface area contributed by atoms with Gasteiger partial charge in [0.05, 0.1) is 18.8 Å². The van der Waals surface area contributed by atoms with E-state index in [2.05, 4.69) is 22.2 Å². The van der Waals surface area contributed by atoms with Crippen LogP contribution in [-0.4, -0.2) is 85.4 Å². The third-order valence-electron chi connectivity index (χ3n) is 4.67. The molecule has 0 aliphatic carbocycles. The van der Waals surface area contributed by atoms with E-state index in [0.717, 1.165) is 26.2 Å². The maximum Gasteiger partial charge on any atom is 0.251 e. The highest BCUT2D eigenvalue weighted by molar-refractivity contribution is 5.94. The van der Waals surface area contributed by atoms with E-state index in [4.69, 9.17) is 4.74 Å². The second-order valence-electron chi connectivity index (χ2n) is 6.41.